The van der Waals surface area contributed by atoms with Crippen LogP contribution in [-0.2, 0) is 20.9 Å². The number of nitrogens with zero attached hydrogens (tertiary/aromatic N) is 1. The topological polar surface area (TPSA) is 57.2 Å². The highest BCUT2D eigenvalue weighted by atomic mass is 16.6. The molecule has 0 saturated carbocycles. The van der Waals surface area contributed by atoms with Crippen LogP contribution in [0.25, 0.3) is 0 Å². The minimum atomic E-state index is -0.281. The third kappa shape index (κ3) is 5.12. The van der Waals surface area contributed by atoms with Gasteiger partial charge in [0.25, 0.3) is 0 Å². The van der Waals surface area contributed by atoms with E-state index in [0.29, 0.717) is 19.8 Å². The number of fused-ring (bicyclic) bond motifs is 1. The zero-order chi connectivity index (χ0) is 20.8. The Morgan fingerprint density at radius 3 is 2.67 bits per heavy atom. The van der Waals surface area contributed by atoms with Gasteiger partial charge in [-0.05, 0) is 24.1 Å². The Morgan fingerprint density at radius 1 is 1.10 bits per heavy atom. The lowest BCUT2D eigenvalue weighted by Crippen LogP contribution is -2.48. The van der Waals surface area contributed by atoms with E-state index in [1.807, 2.05) is 54.6 Å². The van der Waals surface area contributed by atoms with E-state index in [2.05, 4.69) is 4.90 Å². The molecule has 30 heavy (non-hydrogen) atoms. The molecule has 0 spiro atoms. The predicted molar refractivity (Wildman–Crippen MR) is 113 cm³/mol. The summed E-state index contributed by atoms with van der Waals surface area (Å²) in [7, 11) is 1.44. The van der Waals surface area contributed by atoms with Gasteiger partial charge in [0.15, 0.2) is 11.5 Å². The molecule has 1 unspecified atom stereocenters. The van der Waals surface area contributed by atoms with Crippen LogP contribution in [0.4, 0.5) is 0 Å². The second-order valence-corrected chi connectivity index (χ2v) is 7.84. The Morgan fingerprint density at radius 2 is 1.87 bits per heavy atom. The van der Waals surface area contributed by atoms with Crippen LogP contribution in [0.1, 0.15) is 18.4 Å². The van der Waals surface area contributed by atoms with Crippen molar-refractivity contribution in [1.82, 2.24) is 4.90 Å². The molecule has 2 aromatic rings. The first-order valence-electron chi connectivity index (χ1n) is 10.6. The highest BCUT2D eigenvalue weighted by molar-refractivity contribution is 5.73. The fraction of sp³-hybridized carbons (Fsp3) is 0.458. The molecule has 0 radical (unpaired) electrons. The molecule has 2 aliphatic rings. The van der Waals surface area contributed by atoms with Crippen molar-refractivity contribution in [3.05, 3.63) is 60.2 Å². The van der Waals surface area contributed by atoms with Gasteiger partial charge in [0.2, 0.25) is 0 Å². The smallest absolute Gasteiger partial charge is 0.312 e. The van der Waals surface area contributed by atoms with Gasteiger partial charge in [0.1, 0.15) is 12.7 Å². The maximum absolute atomic E-state index is 12.4. The number of likely N-dealkylation sites (tertiary alicyclic amines) is 1. The maximum Gasteiger partial charge on any atom is 0.312 e. The van der Waals surface area contributed by atoms with E-state index in [4.69, 9.17) is 18.9 Å². The number of carbonyl (C=O) groups excluding carboxylic acids is 1. The van der Waals surface area contributed by atoms with Crippen LogP contribution in [-0.4, -0.2) is 56.4 Å². The highest BCUT2D eigenvalue weighted by Gasteiger charge is 2.36. The van der Waals surface area contributed by atoms with Crippen molar-refractivity contribution < 1.29 is 23.7 Å². The first-order valence-corrected chi connectivity index (χ1v) is 10.6. The maximum atomic E-state index is 12.4. The molecule has 6 nitrogen and oxygen atoms in total. The Bertz CT molecular complexity index is 827. The van der Waals surface area contributed by atoms with Crippen molar-refractivity contribution in [2.45, 2.75) is 31.7 Å². The first-order chi connectivity index (χ1) is 14.7. The largest absolute Gasteiger partial charge is 0.486 e. The Hall–Kier alpha value is -2.57. The molecule has 0 amide bonds. The molecule has 1 fully saturated rings. The Labute approximate surface area is 177 Å². The standard InChI is InChI=1S/C24H29NO5/c1-27-24(26)20-15-25(14-12-21(20)28-16-18-7-3-2-4-8-18)13-11-19-17-29-22-9-5-6-10-23(22)30-19/h2-10,19-21H,11-17H2,1H3/t19?,20-,21-/m1/s1. The number of carbonyl (C=O) groups is 1. The molecule has 0 N–H and O–H groups in total. The first kappa shape index (κ1) is 20.7. The minimum Gasteiger partial charge on any atom is -0.486 e. The SMILES string of the molecule is COC(=O)[C@@H]1CN(CCC2COc3ccccc3O2)CC[C@H]1OCc1ccccc1. The monoisotopic (exact) mass is 411 g/mol. The van der Waals surface area contributed by atoms with E-state index >= 15 is 0 Å². The fourth-order valence-electron chi connectivity index (χ4n) is 4.09. The van der Waals surface area contributed by atoms with Gasteiger partial charge >= 0.3 is 5.97 Å². The number of hydrogen-bond donors (Lipinski definition) is 0. The van der Waals surface area contributed by atoms with Gasteiger partial charge in [-0.1, -0.05) is 42.5 Å². The second-order valence-electron chi connectivity index (χ2n) is 7.84. The molecule has 160 valence electrons. The van der Waals surface area contributed by atoms with Gasteiger partial charge in [0, 0.05) is 26.1 Å². The third-order valence-corrected chi connectivity index (χ3v) is 5.78. The summed E-state index contributed by atoms with van der Waals surface area (Å²) in [6.07, 6.45) is 1.54. The third-order valence-electron chi connectivity index (χ3n) is 5.78. The molecule has 6 heteroatoms. The summed E-state index contributed by atoms with van der Waals surface area (Å²) in [5.41, 5.74) is 1.11. The van der Waals surface area contributed by atoms with Crippen LogP contribution in [0.5, 0.6) is 11.5 Å². The van der Waals surface area contributed by atoms with Crippen LogP contribution in [0, 0.1) is 5.92 Å². The number of hydrogen-bond acceptors (Lipinski definition) is 6. The Kier molecular flexibility index (Phi) is 6.87. The van der Waals surface area contributed by atoms with Crippen LogP contribution >= 0.6 is 0 Å². The molecule has 2 aliphatic heterocycles. The van der Waals surface area contributed by atoms with Crippen molar-refractivity contribution in [3.8, 4) is 11.5 Å². The normalized spacial score (nSPS) is 23.7. The summed E-state index contributed by atoms with van der Waals surface area (Å²) in [5, 5.41) is 0. The van der Waals surface area contributed by atoms with Crippen molar-refractivity contribution >= 4 is 5.97 Å². The lowest BCUT2D eigenvalue weighted by atomic mass is 9.94. The van der Waals surface area contributed by atoms with Crippen molar-refractivity contribution in [1.29, 1.82) is 0 Å². The van der Waals surface area contributed by atoms with Gasteiger partial charge in [-0.25, -0.2) is 0 Å². The number of piperidine rings is 1. The van der Waals surface area contributed by atoms with E-state index in [-0.39, 0.29) is 24.1 Å². The molecule has 1 saturated heterocycles. The lowest BCUT2D eigenvalue weighted by Gasteiger charge is -2.37. The van der Waals surface area contributed by atoms with E-state index in [1.165, 1.54) is 7.11 Å². The van der Waals surface area contributed by atoms with E-state index in [9.17, 15) is 4.79 Å². The molecule has 0 bridgehead atoms. The summed E-state index contributed by atoms with van der Waals surface area (Å²) in [6.45, 7) is 3.42. The van der Waals surface area contributed by atoms with Gasteiger partial charge in [0.05, 0.1) is 25.7 Å². The van der Waals surface area contributed by atoms with E-state index in [0.717, 1.165) is 43.0 Å². The molecule has 0 aromatic heterocycles. The molecule has 2 aromatic carbocycles. The molecule has 4 rings (SSSR count). The predicted octanol–water partition coefficient (Wildman–Crippen LogP) is 3.30. The fourth-order valence-corrected chi connectivity index (χ4v) is 4.09. The second kappa shape index (κ2) is 9.96. The van der Waals surface area contributed by atoms with Crippen LogP contribution in [0.2, 0.25) is 0 Å². The van der Waals surface area contributed by atoms with Gasteiger partial charge in [-0.15, -0.1) is 0 Å². The average Bonchev–Trinajstić information content (AvgIpc) is 2.81. The van der Waals surface area contributed by atoms with Crippen molar-refractivity contribution in [2.75, 3.05) is 33.4 Å². The number of benzene rings is 2. The van der Waals surface area contributed by atoms with Crippen molar-refractivity contribution in [2.24, 2.45) is 5.92 Å². The number of esters is 1. The average molecular weight is 411 g/mol. The van der Waals surface area contributed by atoms with E-state index < -0.39 is 0 Å². The minimum absolute atomic E-state index is 0.0172. The lowest BCUT2D eigenvalue weighted by molar-refractivity contribution is -0.156. The molecular weight excluding hydrogens is 382 g/mol. The summed E-state index contributed by atoms with van der Waals surface area (Å²) in [6, 6.07) is 17.8. The summed E-state index contributed by atoms with van der Waals surface area (Å²) < 4.78 is 23.0. The zero-order valence-electron chi connectivity index (χ0n) is 17.4. The number of methoxy groups -OCH3 is 1. The number of rotatable bonds is 7. The molecule has 3 atom stereocenters. The summed E-state index contributed by atoms with van der Waals surface area (Å²) in [4.78, 5) is 14.7. The molecular formula is C24H29NO5. The summed E-state index contributed by atoms with van der Waals surface area (Å²) in [5.74, 6) is 1.12. The summed E-state index contributed by atoms with van der Waals surface area (Å²) >= 11 is 0. The molecule has 2 heterocycles. The Balaban J connectivity index is 1.29. The number of para-hydroxylation sites is 2. The quantitative estimate of drug-likeness (QED) is 0.652. The highest BCUT2D eigenvalue weighted by Crippen LogP contribution is 2.32. The van der Waals surface area contributed by atoms with Gasteiger partial charge < -0.3 is 23.8 Å². The van der Waals surface area contributed by atoms with Gasteiger partial charge in [-0.2, -0.15) is 0 Å². The molecule has 0 aliphatic carbocycles. The van der Waals surface area contributed by atoms with Crippen LogP contribution < -0.4 is 9.47 Å². The van der Waals surface area contributed by atoms with Crippen LogP contribution in [0.3, 0.4) is 0 Å². The van der Waals surface area contributed by atoms with Gasteiger partial charge in [-0.3, -0.25) is 4.79 Å². The zero-order valence-corrected chi connectivity index (χ0v) is 17.4. The number of ether oxygens (including phenoxy) is 4. The van der Waals surface area contributed by atoms with Crippen molar-refractivity contribution in [3.63, 3.8) is 0 Å². The van der Waals surface area contributed by atoms with Crippen LogP contribution in [0.15, 0.2) is 54.6 Å². The van der Waals surface area contributed by atoms with E-state index in [1.54, 1.807) is 0 Å².